The Bertz CT molecular complexity index is 331. The zero-order valence-corrected chi connectivity index (χ0v) is 11.7. The number of hydrogen-bond acceptors (Lipinski definition) is 3. The number of aliphatic hydroxyl groups is 1. The van der Waals surface area contributed by atoms with E-state index in [1.807, 2.05) is 30.3 Å². The first-order valence-electron chi connectivity index (χ1n) is 5.81. The summed E-state index contributed by atoms with van der Waals surface area (Å²) in [5, 5.41) is 9.24. The Kier molecular flexibility index (Phi) is 5.21. The summed E-state index contributed by atoms with van der Waals surface area (Å²) >= 11 is 2.30. The van der Waals surface area contributed by atoms with Crippen LogP contribution in [0.4, 0.5) is 0 Å². The third-order valence-electron chi connectivity index (χ3n) is 2.94. The zero-order valence-electron chi connectivity index (χ0n) is 9.59. The zero-order chi connectivity index (χ0) is 12.1. The normalized spacial score (nSPS) is 28.5. The number of benzene rings is 1. The molecular weight excluding hydrogens is 331 g/mol. The van der Waals surface area contributed by atoms with Crippen molar-refractivity contribution in [1.29, 1.82) is 0 Å². The predicted molar refractivity (Wildman–Crippen MR) is 74.3 cm³/mol. The van der Waals surface area contributed by atoms with E-state index < -0.39 is 0 Å². The number of alkyl halides is 1. The summed E-state index contributed by atoms with van der Waals surface area (Å²) < 4.78 is 12.5. The van der Waals surface area contributed by atoms with Gasteiger partial charge in [-0.05, 0) is 5.56 Å². The molecule has 0 amide bonds. The van der Waals surface area contributed by atoms with Crippen molar-refractivity contribution in [1.82, 2.24) is 0 Å². The molecule has 1 aromatic carbocycles. The van der Waals surface area contributed by atoms with Gasteiger partial charge in [-0.3, -0.25) is 0 Å². The average molecular weight is 348 g/mol. The fourth-order valence-electron chi connectivity index (χ4n) is 2.01. The van der Waals surface area contributed by atoms with Crippen LogP contribution in [0, 0.1) is 0 Å². The van der Waals surface area contributed by atoms with E-state index >= 15 is 0 Å². The second kappa shape index (κ2) is 6.68. The van der Waals surface area contributed by atoms with E-state index in [0.717, 1.165) is 16.4 Å². The number of aliphatic hydroxyl groups excluding tert-OH is 1. The van der Waals surface area contributed by atoms with Crippen molar-refractivity contribution in [3.63, 3.8) is 0 Å². The van der Waals surface area contributed by atoms with Crippen LogP contribution < -0.4 is 0 Å². The maximum absolute atomic E-state index is 9.24. The van der Waals surface area contributed by atoms with E-state index in [2.05, 4.69) is 22.6 Å². The molecule has 1 N–H and O–H groups in total. The van der Waals surface area contributed by atoms with E-state index in [-0.39, 0.29) is 24.9 Å². The van der Waals surface area contributed by atoms with Gasteiger partial charge in [-0.2, -0.15) is 0 Å². The van der Waals surface area contributed by atoms with E-state index in [1.54, 1.807) is 0 Å². The van der Waals surface area contributed by atoms with Crippen LogP contribution in [0.3, 0.4) is 0 Å². The standard InChI is InChI=1S/C13H17IO3/c14-7-11-6-12(13(8-15)17-11)16-9-10-4-2-1-3-5-10/h1-5,11-13,15H,6-9H2/t11-,12+,13-/m1/s1. The van der Waals surface area contributed by atoms with Gasteiger partial charge in [0.25, 0.3) is 0 Å². The molecular formula is C13H17IO3. The molecule has 2 rings (SSSR count). The monoisotopic (exact) mass is 348 g/mol. The first-order chi connectivity index (χ1) is 8.33. The molecule has 3 nitrogen and oxygen atoms in total. The molecule has 1 aliphatic rings. The van der Waals surface area contributed by atoms with E-state index in [9.17, 15) is 5.11 Å². The van der Waals surface area contributed by atoms with Gasteiger partial charge in [-0.15, -0.1) is 0 Å². The molecule has 1 saturated heterocycles. The maximum Gasteiger partial charge on any atom is 0.107 e. The molecule has 17 heavy (non-hydrogen) atoms. The van der Waals surface area contributed by atoms with Crippen molar-refractivity contribution in [2.45, 2.75) is 31.3 Å². The summed E-state index contributed by atoms with van der Waals surface area (Å²) in [4.78, 5) is 0. The van der Waals surface area contributed by atoms with Gasteiger partial charge in [0.1, 0.15) is 6.10 Å². The van der Waals surface area contributed by atoms with Gasteiger partial charge >= 0.3 is 0 Å². The number of hydrogen-bond donors (Lipinski definition) is 1. The second-order valence-corrected chi connectivity index (χ2v) is 5.08. The lowest BCUT2D eigenvalue weighted by atomic mass is 10.1. The van der Waals surface area contributed by atoms with Crippen LogP contribution in [0.25, 0.3) is 0 Å². The van der Waals surface area contributed by atoms with Crippen LogP contribution in [0.2, 0.25) is 0 Å². The SMILES string of the molecule is OC[C@H]1O[C@@H](CI)C[C@@H]1OCc1ccccc1. The first-order valence-corrected chi connectivity index (χ1v) is 7.34. The fourth-order valence-corrected chi connectivity index (χ4v) is 2.58. The quantitative estimate of drug-likeness (QED) is 0.655. The summed E-state index contributed by atoms with van der Waals surface area (Å²) in [6, 6.07) is 10.1. The highest BCUT2D eigenvalue weighted by atomic mass is 127. The van der Waals surface area contributed by atoms with Gasteiger partial charge in [-0.25, -0.2) is 0 Å². The molecule has 1 aliphatic heterocycles. The van der Waals surface area contributed by atoms with Crippen molar-refractivity contribution >= 4 is 22.6 Å². The molecule has 1 heterocycles. The number of halogens is 1. The molecule has 4 heteroatoms. The molecule has 0 spiro atoms. The smallest absolute Gasteiger partial charge is 0.107 e. The largest absolute Gasteiger partial charge is 0.394 e. The highest BCUT2D eigenvalue weighted by Gasteiger charge is 2.34. The second-order valence-electron chi connectivity index (χ2n) is 4.20. The van der Waals surface area contributed by atoms with Crippen LogP contribution in [0.5, 0.6) is 0 Å². The van der Waals surface area contributed by atoms with Crippen molar-refractivity contribution in [3.05, 3.63) is 35.9 Å². The van der Waals surface area contributed by atoms with Gasteiger partial charge in [0.2, 0.25) is 0 Å². The van der Waals surface area contributed by atoms with Crippen LogP contribution in [0.15, 0.2) is 30.3 Å². The highest BCUT2D eigenvalue weighted by Crippen LogP contribution is 2.25. The minimum atomic E-state index is -0.168. The van der Waals surface area contributed by atoms with Gasteiger partial charge in [0.15, 0.2) is 0 Å². The molecule has 0 aliphatic carbocycles. The third-order valence-corrected chi connectivity index (χ3v) is 3.92. The molecule has 3 atom stereocenters. The summed E-state index contributed by atoms with van der Waals surface area (Å²) in [6.45, 7) is 0.617. The Hall–Kier alpha value is -0.170. The van der Waals surface area contributed by atoms with E-state index in [4.69, 9.17) is 9.47 Å². The lowest BCUT2D eigenvalue weighted by Crippen LogP contribution is -2.27. The highest BCUT2D eigenvalue weighted by molar-refractivity contribution is 14.1. The Morgan fingerprint density at radius 1 is 1.35 bits per heavy atom. The van der Waals surface area contributed by atoms with E-state index in [1.165, 1.54) is 0 Å². The van der Waals surface area contributed by atoms with Gasteiger partial charge in [0, 0.05) is 10.8 Å². The number of ether oxygens (including phenoxy) is 2. The summed E-state index contributed by atoms with van der Waals surface area (Å²) in [7, 11) is 0. The van der Waals surface area contributed by atoms with Gasteiger partial charge in [0.05, 0.1) is 25.4 Å². The summed E-state index contributed by atoms with van der Waals surface area (Å²) in [5.41, 5.74) is 1.15. The predicted octanol–water partition coefficient (Wildman–Crippen LogP) is 2.16. The number of rotatable bonds is 5. The summed E-state index contributed by atoms with van der Waals surface area (Å²) in [5.74, 6) is 0. The molecule has 0 aromatic heterocycles. The Morgan fingerprint density at radius 3 is 2.76 bits per heavy atom. The van der Waals surface area contributed by atoms with Gasteiger partial charge < -0.3 is 14.6 Å². The molecule has 0 radical (unpaired) electrons. The summed E-state index contributed by atoms with van der Waals surface area (Å²) in [6.07, 6.45) is 0.938. The fraction of sp³-hybridized carbons (Fsp3) is 0.538. The van der Waals surface area contributed by atoms with E-state index in [0.29, 0.717) is 6.61 Å². The van der Waals surface area contributed by atoms with Crippen LogP contribution in [-0.4, -0.2) is 34.5 Å². The van der Waals surface area contributed by atoms with Crippen LogP contribution in [0.1, 0.15) is 12.0 Å². The van der Waals surface area contributed by atoms with Crippen LogP contribution in [-0.2, 0) is 16.1 Å². The lowest BCUT2D eigenvalue weighted by Gasteiger charge is -2.16. The van der Waals surface area contributed by atoms with Gasteiger partial charge in [-0.1, -0.05) is 52.9 Å². The Balaban J connectivity index is 1.86. The molecule has 0 bridgehead atoms. The lowest BCUT2D eigenvalue weighted by molar-refractivity contribution is -0.0486. The minimum absolute atomic E-state index is 0.0139. The molecule has 94 valence electrons. The minimum Gasteiger partial charge on any atom is -0.394 e. The van der Waals surface area contributed by atoms with Crippen molar-refractivity contribution in [2.75, 3.05) is 11.0 Å². The Labute approximate surface area is 115 Å². The molecule has 1 fully saturated rings. The first kappa shape index (κ1) is 13.3. The topological polar surface area (TPSA) is 38.7 Å². The molecule has 1 aromatic rings. The van der Waals surface area contributed by atoms with Crippen molar-refractivity contribution < 1.29 is 14.6 Å². The molecule has 0 saturated carbocycles. The average Bonchev–Trinajstić information content (AvgIpc) is 2.80. The van der Waals surface area contributed by atoms with Crippen molar-refractivity contribution in [3.8, 4) is 0 Å². The Morgan fingerprint density at radius 2 is 2.12 bits per heavy atom. The molecule has 0 unspecified atom stereocenters. The third kappa shape index (κ3) is 3.64. The van der Waals surface area contributed by atoms with Crippen LogP contribution >= 0.6 is 22.6 Å². The van der Waals surface area contributed by atoms with Crippen molar-refractivity contribution in [2.24, 2.45) is 0 Å². The maximum atomic E-state index is 9.24.